The molecule has 0 amide bonds. The minimum atomic E-state index is -4.73. The van der Waals surface area contributed by atoms with Gasteiger partial charge in [-0.25, -0.2) is 4.98 Å². The summed E-state index contributed by atoms with van der Waals surface area (Å²) in [6.07, 6.45) is -4.73. The highest BCUT2D eigenvalue weighted by atomic mass is 35.5. The minimum absolute atomic E-state index is 0.251. The van der Waals surface area contributed by atoms with E-state index < -0.39 is 6.36 Å². The highest BCUT2D eigenvalue weighted by molar-refractivity contribution is 6.31. The number of imidazole rings is 1. The number of halogens is 4. The molecule has 0 unspecified atom stereocenters. The monoisotopic (exact) mass is 402 g/mol. The number of nitrogens with zero attached hydrogens (tertiary/aromatic N) is 2. The van der Waals surface area contributed by atoms with Crippen LogP contribution in [0.25, 0.3) is 22.4 Å². The second-order valence-electron chi connectivity index (χ2n) is 6.22. The zero-order chi connectivity index (χ0) is 19.7. The maximum absolute atomic E-state index is 12.5. The van der Waals surface area contributed by atoms with Crippen LogP contribution in [0, 0.1) is 0 Å². The van der Waals surface area contributed by atoms with E-state index in [2.05, 4.69) is 9.72 Å². The van der Waals surface area contributed by atoms with Crippen molar-refractivity contribution in [3.05, 3.63) is 83.4 Å². The number of hydrogen-bond acceptors (Lipinski definition) is 2. The Morgan fingerprint density at radius 2 is 1.71 bits per heavy atom. The summed E-state index contributed by atoms with van der Waals surface area (Å²) in [7, 11) is 0. The summed E-state index contributed by atoms with van der Waals surface area (Å²) >= 11 is 6.10. The van der Waals surface area contributed by atoms with Gasteiger partial charge in [0.05, 0.1) is 11.0 Å². The van der Waals surface area contributed by atoms with Crippen LogP contribution in [0.3, 0.4) is 0 Å². The van der Waals surface area contributed by atoms with Crippen molar-refractivity contribution in [2.24, 2.45) is 0 Å². The van der Waals surface area contributed by atoms with Gasteiger partial charge >= 0.3 is 6.36 Å². The van der Waals surface area contributed by atoms with E-state index in [1.54, 1.807) is 18.2 Å². The average Bonchev–Trinajstić information content (AvgIpc) is 2.99. The molecule has 7 heteroatoms. The van der Waals surface area contributed by atoms with E-state index in [9.17, 15) is 13.2 Å². The van der Waals surface area contributed by atoms with Gasteiger partial charge in [-0.3, -0.25) is 0 Å². The Hall–Kier alpha value is -2.99. The van der Waals surface area contributed by atoms with Crippen LogP contribution in [0.4, 0.5) is 13.2 Å². The number of rotatable bonds is 4. The van der Waals surface area contributed by atoms with Gasteiger partial charge in [0, 0.05) is 17.1 Å². The Morgan fingerprint density at radius 3 is 2.46 bits per heavy atom. The van der Waals surface area contributed by atoms with Crippen molar-refractivity contribution in [3.8, 4) is 17.1 Å². The molecule has 0 saturated heterocycles. The van der Waals surface area contributed by atoms with Crippen molar-refractivity contribution in [3.63, 3.8) is 0 Å². The molecule has 28 heavy (non-hydrogen) atoms. The fourth-order valence-electron chi connectivity index (χ4n) is 3.09. The van der Waals surface area contributed by atoms with E-state index in [0.29, 0.717) is 28.5 Å². The zero-order valence-electron chi connectivity index (χ0n) is 14.4. The van der Waals surface area contributed by atoms with Gasteiger partial charge in [-0.1, -0.05) is 54.1 Å². The first-order valence-corrected chi connectivity index (χ1v) is 8.83. The minimum Gasteiger partial charge on any atom is -0.406 e. The van der Waals surface area contributed by atoms with Crippen LogP contribution in [0.2, 0.25) is 5.02 Å². The normalized spacial score (nSPS) is 11.7. The van der Waals surface area contributed by atoms with Gasteiger partial charge in [-0.05, 0) is 35.9 Å². The van der Waals surface area contributed by atoms with Gasteiger partial charge in [0.2, 0.25) is 0 Å². The summed E-state index contributed by atoms with van der Waals surface area (Å²) in [4.78, 5) is 4.69. The van der Waals surface area contributed by atoms with E-state index in [1.807, 2.05) is 41.0 Å². The third kappa shape index (κ3) is 3.97. The molecule has 4 rings (SSSR count). The number of aromatic nitrogens is 2. The Labute approximate surface area is 164 Å². The van der Waals surface area contributed by atoms with Gasteiger partial charge in [-0.2, -0.15) is 0 Å². The van der Waals surface area contributed by atoms with Gasteiger partial charge in [-0.15, -0.1) is 13.2 Å². The molecule has 3 aromatic carbocycles. The molecule has 3 nitrogen and oxygen atoms in total. The first-order valence-electron chi connectivity index (χ1n) is 8.45. The lowest BCUT2D eigenvalue weighted by Gasteiger charge is -2.12. The molecule has 1 heterocycles. The molecule has 1 aromatic heterocycles. The number of benzene rings is 3. The highest BCUT2D eigenvalue weighted by Gasteiger charge is 2.31. The summed E-state index contributed by atoms with van der Waals surface area (Å²) in [6, 6.07) is 20.9. The molecule has 0 atom stereocenters. The van der Waals surface area contributed by atoms with E-state index in [4.69, 9.17) is 11.6 Å². The van der Waals surface area contributed by atoms with Crippen molar-refractivity contribution in [1.82, 2.24) is 9.55 Å². The van der Waals surface area contributed by atoms with Gasteiger partial charge < -0.3 is 9.30 Å². The van der Waals surface area contributed by atoms with Crippen LogP contribution in [-0.4, -0.2) is 15.9 Å². The fourth-order valence-corrected chi connectivity index (χ4v) is 3.26. The van der Waals surface area contributed by atoms with Crippen molar-refractivity contribution in [2.75, 3.05) is 0 Å². The predicted molar refractivity (Wildman–Crippen MR) is 102 cm³/mol. The van der Waals surface area contributed by atoms with E-state index >= 15 is 0 Å². The van der Waals surface area contributed by atoms with E-state index in [-0.39, 0.29) is 5.75 Å². The summed E-state index contributed by atoms with van der Waals surface area (Å²) in [6.45, 7) is 0.331. The Morgan fingerprint density at radius 1 is 0.929 bits per heavy atom. The molecule has 0 saturated carbocycles. The van der Waals surface area contributed by atoms with E-state index in [1.165, 1.54) is 18.2 Å². The van der Waals surface area contributed by atoms with Crippen LogP contribution in [0.15, 0.2) is 72.8 Å². The van der Waals surface area contributed by atoms with Crippen LogP contribution in [0.1, 0.15) is 5.56 Å². The molecule has 0 radical (unpaired) electrons. The van der Waals surface area contributed by atoms with Crippen LogP contribution in [0.5, 0.6) is 5.75 Å². The number of hydrogen-bond donors (Lipinski definition) is 0. The average molecular weight is 403 g/mol. The first-order chi connectivity index (χ1) is 13.4. The quantitative estimate of drug-likeness (QED) is 0.400. The summed E-state index contributed by atoms with van der Waals surface area (Å²) < 4.78 is 43.6. The van der Waals surface area contributed by atoms with E-state index in [0.717, 1.165) is 11.1 Å². The summed E-state index contributed by atoms with van der Waals surface area (Å²) in [5.74, 6) is 0.457. The van der Waals surface area contributed by atoms with Crippen molar-refractivity contribution < 1.29 is 17.9 Å². The SMILES string of the molecule is FC(F)(F)Oc1cccc(Cn2c(-c3ccccc3)nc3cc(Cl)ccc32)c1. The zero-order valence-corrected chi connectivity index (χ0v) is 15.2. The first kappa shape index (κ1) is 18.4. The predicted octanol–water partition coefficient (Wildman–Crippen LogP) is 6.30. The molecular weight excluding hydrogens is 389 g/mol. The molecule has 0 aliphatic rings. The molecule has 0 spiro atoms. The number of ether oxygens (including phenoxy) is 1. The Kier molecular flexibility index (Phi) is 4.73. The Balaban J connectivity index is 1.79. The second kappa shape index (κ2) is 7.20. The molecule has 0 aliphatic heterocycles. The standard InChI is InChI=1S/C21H14ClF3N2O/c22-16-9-10-19-18(12-16)26-20(15-6-2-1-3-7-15)27(19)13-14-5-4-8-17(11-14)28-21(23,24)25/h1-12H,13H2. The second-order valence-corrected chi connectivity index (χ2v) is 6.65. The summed E-state index contributed by atoms with van der Waals surface area (Å²) in [5, 5.41) is 0.567. The number of fused-ring (bicyclic) bond motifs is 1. The molecule has 142 valence electrons. The van der Waals surface area contributed by atoms with Crippen molar-refractivity contribution in [1.29, 1.82) is 0 Å². The van der Waals surface area contributed by atoms with Gasteiger partial charge in [0.25, 0.3) is 0 Å². The lowest BCUT2D eigenvalue weighted by atomic mass is 10.2. The fraction of sp³-hybridized carbons (Fsp3) is 0.0952. The summed E-state index contributed by atoms with van der Waals surface area (Å²) in [5.41, 5.74) is 3.12. The molecule has 0 bridgehead atoms. The third-order valence-electron chi connectivity index (χ3n) is 4.21. The topological polar surface area (TPSA) is 27.1 Å². The largest absolute Gasteiger partial charge is 0.573 e. The smallest absolute Gasteiger partial charge is 0.406 e. The molecular formula is C21H14ClF3N2O. The maximum Gasteiger partial charge on any atom is 0.573 e. The van der Waals surface area contributed by atoms with Crippen LogP contribution in [-0.2, 0) is 6.54 Å². The third-order valence-corrected chi connectivity index (χ3v) is 4.45. The van der Waals surface area contributed by atoms with Crippen molar-refractivity contribution in [2.45, 2.75) is 12.9 Å². The molecule has 4 aromatic rings. The maximum atomic E-state index is 12.5. The van der Waals surface area contributed by atoms with Crippen molar-refractivity contribution >= 4 is 22.6 Å². The van der Waals surface area contributed by atoms with Crippen LogP contribution >= 0.6 is 11.6 Å². The molecule has 0 aliphatic carbocycles. The Bertz CT molecular complexity index is 1120. The number of alkyl halides is 3. The highest BCUT2D eigenvalue weighted by Crippen LogP contribution is 2.29. The molecule has 0 N–H and O–H groups in total. The lowest BCUT2D eigenvalue weighted by Crippen LogP contribution is -2.17. The van der Waals surface area contributed by atoms with Crippen LogP contribution < -0.4 is 4.74 Å². The lowest BCUT2D eigenvalue weighted by molar-refractivity contribution is -0.274. The van der Waals surface area contributed by atoms with Gasteiger partial charge in [0.15, 0.2) is 0 Å². The van der Waals surface area contributed by atoms with Gasteiger partial charge in [0.1, 0.15) is 11.6 Å². The molecule has 0 fully saturated rings.